The summed E-state index contributed by atoms with van der Waals surface area (Å²) in [5.41, 5.74) is 19.6. The van der Waals surface area contributed by atoms with Crippen LogP contribution in [-0.4, -0.2) is 36.6 Å². The Morgan fingerprint density at radius 3 is 1.00 bits per heavy atom. The van der Waals surface area contributed by atoms with Crippen LogP contribution in [-0.2, 0) is 49.7 Å². The lowest BCUT2D eigenvalue weighted by Crippen LogP contribution is -2.41. The first-order valence-electron chi connectivity index (χ1n) is 28.3. The zero-order valence-corrected chi connectivity index (χ0v) is 46.2. The average molecular weight is 1010 g/mol. The zero-order chi connectivity index (χ0) is 52.9. The number of anilines is 6. The lowest BCUT2D eigenvalue weighted by Gasteiger charge is -2.34. The number of rotatable bonds is 10. The van der Waals surface area contributed by atoms with E-state index in [0.29, 0.717) is 0 Å². The van der Waals surface area contributed by atoms with Crippen molar-refractivity contribution in [1.29, 1.82) is 0 Å². The fraction of sp³-hybridized carbons (Fsp3) is 0.304. The summed E-state index contributed by atoms with van der Waals surface area (Å²) in [6.07, 6.45) is 9.35. The fourth-order valence-electron chi connectivity index (χ4n) is 12.9. The maximum atomic E-state index is 6.56. The van der Waals surface area contributed by atoms with E-state index in [1.54, 1.807) is 0 Å². The molecule has 8 aromatic carbocycles. The Balaban J connectivity index is 0.997. The molecule has 386 valence electrons. The maximum absolute atomic E-state index is 6.56. The zero-order valence-electron chi connectivity index (χ0n) is 46.2. The van der Waals surface area contributed by atoms with Gasteiger partial charge in [-0.05, 0) is 246 Å². The van der Waals surface area contributed by atoms with Crippen LogP contribution in [0.3, 0.4) is 0 Å². The lowest BCUT2D eigenvalue weighted by molar-refractivity contribution is 0.00578. The molecular weight excluding hydrogens is 942 g/mol. The number of fused-ring (bicyclic) bond motifs is 5. The molecule has 0 radical (unpaired) electrons. The number of hydrogen-bond donors (Lipinski definition) is 0. The summed E-state index contributed by atoms with van der Waals surface area (Å²) in [4.78, 5) is 4.91. The van der Waals surface area contributed by atoms with Crippen molar-refractivity contribution in [2.45, 2.75) is 135 Å². The molecule has 8 heteroatoms. The van der Waals surface area contributed by atoms with Gasteiger partial charge in [-0.15, -0.1) is 0 Å². The molecule has 0 amide bonds. The highest BCUT2D eigenvalue weighted by atomic mass is 16.7. The lowest BCUT2D eigenvalue weighted by atomic mass is 9.67. The third-order valence-electron chi connectivity index (χ3n) is 18.6. The van der Waals surface area contributed by atoms with Crippen LogP contribution < -0.4 is 20.7 Å². The molecular formula is C69H70B2N2O4. The van der Waals surface area contributed by atoms with Gasteiger partial charge in [0.1, 0.15) is 0 Å². The normalized spacial score (nSPS) is 19.0. The number of hydrogen-bond acceptors (Lipinski definition) is 6. The molecule has 8 aromatic rings. The van der Waals surface area contributed by atoms with Crippen LogP contribution >= 0.6 is 0 Å². The van der Waals surface area contributed by atoms with Crippen LogP contribution in [0.2, 0.25) is 0 Å². The molecule has 0 spiro atoms. The molecule has 0 saturated carbocycles. The largest absolute Gasteiger partial charge is 0.494 e. The molecule has 2 heterocycles. The van der Waals surface area contributed by atoms with E-state index in [-0.39, 0.29) is 0 Å². The minimum Gasteiger partial charge on any atom is -0.399 e. The molecule has 77 heavy (non-hydrogen) atoms. The van der Waals surface area contributed by atoms with Crippen molar-refractivity contribution in [3.8, 4) is 11.1 Å². The maximum Gasteiger partial charge on any atom is 0.494 e. The Bertz CT molecular complexity index is 3250. The van der Waals surface area contributed by atoms with Crippen LogP contribution in [0.25, 0.3) is 11.1 Å². The highest BCUT2D eigenvalue weighted by Gasteiger charge is 2.53. The summed E-state index contributed by atoms with van der Waals surface area (Å²) in [5.74, 6) is 0. The summed E-state index contributed by atoms with van der Waals surface area (Å²) in [6.45, 7) is 16.9. The smallest absolute Gasteiger partial charge is 0.399 e. The molecule has 3 aliphatic carbocycles. The van der Waals surface area contributed by atoms with Crippen molar-refractivity contribution in [2.75, 3.05) is 9.80 Å². The van der Waals surface area contributed by atoms with E-state index in [0.717, 1.165) is 70.7 Å². The van der Waals surface area contributed by atoms with Gasteiger partial charge in [-0.1, -0.05) is 109 Å². The monoisotopic (exact) mass is 1010 g/mol. The molecule has 2 aliphatic heterocycles. The Hall–Kier alpha value is -6.67. The Morgan fingerprint density at radius 1 is 0.325 bits per heavy atom. The van der Waals surface area contributed by atoms with Gasteiger partial charge >= 0.3 is 14.2 Å². The third-order valence-corrected chi connectivity index (χ3v) is 18.6. The highest BCUT2D eigenvalue weighted by Crippen LogP contribution is 2.58. The van der Waals surface area contributed by atoms with Gasteiger partial charge in [-0.2, -0.15) is 0 Å². The Kier molecular flexibility index (Phi) is 12.2. The Labute approximate surface area is 457 Å². The molecule has 0 N–H and O–H groups in total. The molecule has 5 aliphatic rings. The number of nitrogens with zero attached hydrogens (tertiary/aromatic N) is 2. The van der Waals surface area contributed by atoms with Crippen molar-refractivity contribution in [3.63, 3.8) is 0 Å². The van der Waals surface area contributed by atoms with Gasteiger partial charge in [0.25, 0.3) is 0 Å². The minimum absolute atomic E-state index is 0.432. The topological polar surface area (TPSA) is 43.4 Å². The van der Waals surface area contributed by atoms with E-state index < -0.39 is 42.1 Å². The molecule has 2 fully saturated rings. The molecule has 0 atom stereocenters. The Morgan fingerprint density at radius 2 is 0.636 bits per heavy atom. The summed E-state index contributed by atoms with van der Waals surface area (Å²) in [6, 6.07) is 68.8. The van der Waals surface area contributed by atoms with Crippen LogP contribution in [0.4, 0.5) is 34.1 Å². The number of benzene rings is 8. The molecule has 0 aromatic heterocycles. The van der Waals surface area contributed by atoms with Crippen LogP contribution in [0.5, 0.6) is 0 Å². The van der Waals surface area contributed by atoms with Gasteiger partial charge in [0, 0.05) is 34.1 Å². The summed E-state index contributed by atoms with van der Waals surface area (Å²) in [5, 5.41) is 0. The summed E-state index contributed by atoms with van der Waals surface area (Å²) >= 11 is 0. The van der Waals surface area contributed by atoms with Gasteiger partial charge < -0.3 is 28.4 Å². The van der Waals surface area contributed by atoms with Gasteiger partial charge in [-0.25, -0.2) is 0 Å². The van der Waals surface area contributed by atoms with E-state index in [2.05, 4.69) is 247 Å². The van der Waals surface area contributed by atoms with E-state index >= 15 is 0 Å². The van der Waals surface area contributed by atoms with E-state index in [1.807, 2.05) is 0 Å². The first kappa shape index (κ1) is 49.9. The molecule has 13 rings (SSSR count). The summed E-state index contributed by atoms with van der Waals surface area (Å²) < 4.78 is 26.2. The van der Waals surface area contributed by atoms with Crippen LogP contribution in [0, 0.1) is 0 Å². The van der Waals surface area contributed by atoms with Gasteiger partial charge in [0.05, 0.1) is 27.8 Å². The first-order valence-corrected chi connectivity index (χ1v) is 28.3. The van der Waals surface area contributed by atoms with Gasteiger partial charge in [0.15, 0.2) is 0 Å². The SMILES string of the molecule is CC1(C)OB(c2ccc(N(c3ccc4c(c3)CCCC4)c3ccc4c(c3)-c3cc(N(c5ccc(B6OC(C)(C)C(C)(C)O6)cc5)c5ccc6c(c5)CCCC6)ccc3C4(c3ccccc3)c3ccccc3)cc2)OC1(C)C. The second kappa shape index (κ2) is 18.8. The van der Waals surface area contributed by atoms with Crippen molar-refractivity contribution in [2.24, 2.45) is 0 Å². The highest BCUT2D eigenvalue weighted by molar-refractivity contribution is 6.62. The van der Waals surface area contributed by atoms with Crippen molar-refractivity contribution < 1.29 is 18.6 Å². The quantitative estimate of drug-likeness (QED) is 0.127. The molecule has 0 bridgehead atoms. The first-order chi connectivity index (χ1) is 37.1. The molecule has 6 nitrogen and oxygen atoms in total. The van der Waals surface area contributed by atoms with E-state index in [9.17, 15) is 0 Å². The minimum atomic E-state index is -0.591. The molecule has 2 saturated heterocycles. The molecule has 0 unspecified atom stereocenters. The fourth-order valence-corrected chi connectivity index (χ4v) is 12.9. The standard InChI is InChI=1S/C69H70B2N2O4/c1-65(2)66(3,4)75-70(74-65)53-29-35-55(36-30-53)72(57-33-27-47-19-15-17-21-49(47)43-57)59-39-41-63-61(45-59)62-46-60(40-42-64(62)69(63,51-23-11-9-12-24-51)52-25-13-10-14-26-52)73(58-34-28-48-20-16-18-22-50(48)44-58)56-37-31-54(32-38-56)71-76-67(5,6)68(7,8)77-71/h9-14,23-46H,15-22H2,1-8H3. The third kappa shape index (κ3) is 8.41. The number of aryl methyl sites for hydroxylation is 4. The predicted molar refractivity (Wildman–Crippen MR) is 318 cm³/mol. The average Bonchev–Trinajstić information content (AvgIpc) is 4.04. The second-order valence-electron chi connectivity index (χ2n) is 24.3. The van der Waals surface area contributed by atoms with Crippen LogP contribution in [0.15, 0.2) is 182 Å². The van der Waals surface area contributed by atoms with Crippen LogP contribution in [0.1, 0.15) is 126 Å². The van der Waals surface area contributed by atoms with Crippen molar-refractivity contribution in [1.82, 2.24) is 0 Å². The van der Waals surface area contributed by atoms with E-state index in [4.69, 9.17) is 18.6 Å². The van der Waals surface area contributed by atoms with Crippen molar-refractivity contribution in [3.05, 3.63) is 226 Å². The summed E-state index contributed by atoms with van der Waals surface area (Å²) in [7, 11) is -0.898. The van der Waals surface area contributed by atoms with Gasteiger partial charge in [0.2, 0.25) is 0 Å². The predicted octanol–water partition coefficient (Wildman–Crippen LogP) is 15.3. The van der Waals surface area contributed by atoms with Crippen molar-refractivity contribution >= 4 is 59.3 Å². The second-order valence-corrected chi connectivity index (χ2v) is 24.3. The van der Waals surface area contributed by atoms with Gasteiger partial charge in [-0.3, -0.25) is 0 Å². The van der Waals surface area contributed by atoms with E-state index in [1.165, 1.54) is 81.3 Å².